The number of nitriles is 1. The highest BCUT2D eigenvalue weighted by Gasteiger charge is 2.42. The van der Waals surface area contributed by atoms with Gasteiger partial charge in [-0.1, -0.05) is 13.3 Å². The molecule has 0 heterocycles. The van der Waals surface area contributed by atoms with Crippen LogP contribution < -0.4 is 5.32 Å². The maximum absolute atomic E-state index is 11.9. The van der Waals surface area contributed by atoms with E-state index in [1.807, 2.05) is 6.92 Å². The maximum Gasteiger partial charge on any atom is 0.261 e. The molecule has 0 radical (unpaired) electrons. The molecule has 98 valence electrons. The van der Waals surface area contributed by atoms with Crippen LogP contribution in [-0.2, 0) is 4.74 Å². The summed E-state index contributed by atoms with van der Waals surface area (Å²) in [5, 5.41) is 12.5. The SMILES string of the molecule is CCNC1(C#N)CCCC1CCOCC(F)F. The van der Waals surface area contributed by atoms with Crippen molar-refractivity contribution in [3.8, 4) is 6.07 Å². The molecule has 0 aliphatic heterocycles. The van der Waals surface area contributed by atoms with E-state index in [2.05, 4.69) is 11.4 Å². The maximum atomic E-state index is 11.9. The standard InChI is InChI=1S/C12H20F2N2O/c1-2-16-12(9-15)6-3-4-10(12)5-7-17-8-11(13)14/h10-11,16H,2-8H2,1H3. The average Bonchev–Trinajstić information content (AvgIpc) is 2.68. The Kier molecular flexibility index (Phi) is 5.79. The molecular formula is C12H20F2N2O. The molecule has 2 unspecified atom stereocenters. The summed E-state index contributed by atoms with van der Waals surface area (Å²) in [7, 11) is 0. The summed E-state index contributed by atoms with van der Waals surface area (Å²) in [5.74, 6) is 0.213. The highest BCUT2D eigenvalue weighted by atomic mass is 19.3. The summed E-state index contributed by atoms with van der Waals surface area (Å²) < 4.78 is 28.7. The van der Waals surface area contributed by atoms with Crippen molar-refractivity contribution < 1.29 is 13.5 Å². The van der Waals surface area contributed by atoms with Crippen LogP contribution in [0.5, 0.6) is 0 Å². The smallest absolute Gasteiger partial charge is 0.261 e. The predicted octanol–water partition coefficient (Wildman–Crippen LogP) is 2.33. The Morgan fingerprint density at radius 1 is 1.59 bits per heavy atom. The van der Waals surface area contributed by atoms with Gasteiger partial charge >= 0.3 is 0 Å². The third-order valence-corrected chi connectivity index (χ3v) is 3.37. The van der Waals surface area contributed by atoms with Gasteiger partial charge in [-0.2, -0.15) is 5.26 Å². The molecule has 1 fully saturated rings. The average molecular weight is 246 g/mol. The Hall–Kier alpha value is -0.730. The van der Waals surface area contributed by atoms with E-state index in [-0.39, 0.29) is 5.92 Å². The molecule has 1 N–H and O–H groups in total. The monoisotopic (exact) mass is 246 g/mol. The molecule has 5 heteroatoms. The number of hydrogen-bond donors (Lipinski definition) is 1. The number of alkyl halides is 2. The van der Waals surface area contributed by atoms with E-state index in [9.17, 15) is 14.0 Å². The summed E-state index contributed by atoms with van der Waals surface area (Å²) in [6.07, 6.45) is 1.09. The predicted molar refractivity (Wildman–Crippen MR) is 60.8 cm³/mol. The lowest BCUT2D eigenvalue weighted by Gasteiger charge is -2.29. The quantitative estimate of drug-likeness (QED) is 0.701. The Morgan fingerprint density at radius 3 is 2.94 bits per heavy atom. The second kappa shape index (κ2) is 6.87. The van der Waals surface area contributed by atoms with Gasteiger partial charge in [0.1, 0.15) is 12.1 Å². The Bertz CT molecular complexity index is 268. The minimum absolute atomic E-state index is 0.213. The highest BCUT2D eigenvalue weighted by molar-refractivity contribution is 5.13. The van der Waals surface area contributed by atoms with Gasteiger partial charge in [-0.15, -0.1) is 0 Å². The van der Waals surface area contributed by atoms with Crippen LogP contribution in [0.25, 0.3) is 0 Å². The van der Waals surface area contributed by atoms with E-state index in [0.29, 0.717) is 13.0 Å². The van der Waals surface area contributed by atoms with E-state index in [0.717, 1.165) is 25.8 Å². The molecule has 1 aliphatic rings. The van der Waals surface area contributed by atoms with Gasteiger partial charge in [-0.05, 0) is 31.7 Å². The zero-order valence-corrected chi connectivity index (χ0v) is 10.2. The first-order chi connectivity index (χ1) is 8.14. The van der Waals surface area contributed by atoms with Crippen molar-refractivity contribution >= 4 is 0 Å². The first-order valence-electron chi connectivity index (χ1n) is 6.17. The molecule has 0 aromatic rings. The van der Waals surface area contributed by atoms with Crippen LogP contribution in [0.15, 0.2) is 0 Å². The molecule has 2 atom stereocenters. The Balaban J connectivity index is 2.38. The fraction of sp³-hybridized carbons (Fsp3) is 0.917. The third-order valence-electron chi connectivity index (χ3n) is 3.37. The first-order valence-corrected chi connectivity index (χ1v) is 6.17. The Labute approximate surface area is 101 Å². The van der Waals surface area contributed by atoms with Crippen LogP contribution >= 0.6 is 0 Å². The van der Waals surface area contributed by atoms with E-state index < -0.39 is 18.6 Å². The van der Waals surface area contributed by atoms with Gasteiger partial charge in [0.2, 0.25) is 0 Å². The van der Waals surface area contributed by atoms with Crippen molar-refractivity contribution in [2.24, 2.45) is 5.92 Å². The molecule has 0 bridgehead atoms. The molecule has 0 aromatic carbocycles. The molecular weight excluding hydrogens is 226 g/mol. The number of ether oxygens (including phenoxy) is 1. The minimum atomic E-state index is -2.41. The highest BCUT2D eigenvalue weighted by Crippen LogP contribution is 2.37. The zero-order valence-electron chi connectivity index (χ0n) is 10.2. The van der Waals surface area contributed by atoms with Gasteiger partial charge < -0.3 is 4.74 Å². The normalized spacial score (nSPS) is 28.5. The number of nitrogens with one attached hydrogen (secondary N) is 1. The summed E-state index contributed by atoms with van der Waals surface area (Å²) in [6, 6.07) is 2.36. The van der Waals surface area contributed by atoms with Crippen molar-refractivity contribution in [1.82, 2.24) is 5.32 Å². The molecule has 0 spiro atoms. The van der Waals surface area contributed by atoms with Crippen LogP contribution in [-0.4, -0.2) is 31.7 Å². The number of halogens is 2. The molecule has 0 amide bonds. The fourth-order valence-electron chi connectivity index (χ4n) is 2.60. The molecule has 0 aromatic heterocycles. The summed E-state index contributed by atoms with van der Waals surface area (Å²) >= 11 is 0. The summed E-state index contributed by atoms with van der Waals surface area (Å²) in [5.41, 5.74) is -0.469. The van der Waals surface area contributed by atoms with Crippen molar-refractivity contribution in [3.05, 3.63) is 0 Å². The Morgan fingerprint density at radius 2 is 2.35 bits per heavy atom. The molecule has 1 saturated carbocycles. The number of rotatable bonds is 7. The summed E-state index contributed by atoms with van der Waals surface area (Å²) in [6.45, 7) is 2.53. The van der Waals surface area contributed by atoms with Gasteiger partial charge in [0.05, 0.1) is 6.07 Å². The van der Waals surface area contributed by atoms with Gasteiger partial charge in [0.15, 0.2) is 0 Å². The van der Waals surface area contributed by atoms with Gasteiger partial charge in [-0.3, -0.25) is 5.32 Å². The topological polar surface area (TPSA) is 45.0 Å². The van der Waals surface area contributed by atoms with Crippen LogP contribution in [0, 0.1) is 17.2 Å². The van der Waals surface area contributed by atoms with Crippen molar-refractivity contribution in [1.29, 1.82) is 5.26 Å². The van der Waals surface area contributed by atoms with E-state index in [1.165, 1.54) is 0 Å². The lowest BCUT2D eigenvalue weighted by Crippen LogP contribution is -2.47. The van der Waals surface area contributed by atoms with E-state index in [1.54, 1.807) is 0 Å². The van der Waals surface area contributed by atoms with Crippen LogP contribution in [0.3, 0.4) is 0 Å². The molecule has 3 nitrogen and oxygen atoms in total. The molecule has 17 heavy (non-hydrogen) atoms. The van der Waals surface area contributed by atoms with E-state index in [4.69, 9.17) is 4.74 Å². The fourth-order valence-corrected chi connectivity index (χ4v) is 2.60. The largest absolute Gasteiger partial charge is 0.376 e. The van der Waals surface area contributed by atoms with Gasteiger partial charge in [0.25, 0.3) is 6.43 Å². The van der Waals surface area contributed by atoms with Crippen molar-refractivity contribution in [2.45, 2.75) is 44.6 Å². The van der Waals surface area contributed by atoms with Crippen LogP contribution in [0.1, 0.15) is 32.6 Å². The minimum Gasteiger partial charge on any atom is -0.376 e. The molecule has 1 rings (SSSR count). The van der Waals surface area contributed by atoms with Crippen LogP contribution in [0.4, 0.5) is 8.78 Å². The van der Waals surface area contributed by atoms with Gasteiger partial charge in [0, 0.05) is 6.61 Å². The zero-order chi connectivity index (χ0) is 12.7. The van der Waals surface area contributed by atoms with Crippen molar-refractivity contribution in [2.75, 3.05) is 19.8 Å². The first kappa shape index (κ1) is 14.3. The number of hydrogen-bond acceptors (Lipinski definition) is 3. The second-order valence-corrected chi connectivity index (χ2v) is 4.46. The van der Waals surface area contributed by atoms with Crippen LogP contribution in [0.2, 0.25) is 0 Å². The second-order valence-electron chi connectivity index (χ2n) is 4.46. The van der Waals surface area contributed by atoms with Crippen molar-refractivity contribution in [3.63, 3.8) is 0 Å². The lowest BCUT2D eigenvalue weighted by molar-refractivity contribution is 0.0111. The van der Waals surface area contributed by atoms with E-state index >= 15 is 0 Å². The lowest BCUT2D eigenvalue weighted by atomic mass is 9.86. The third kappa shape index (κ3) is 3.90. The summed E-state index contributed by atoms with van der Waals surface area (Å²) in [4.78, 5) is 0. The number of nitrogens with zero attached hydrogens (tertiary/aromatic N) is 1. The molecule has 0 saturated heterocycles. The molecule has 1 aliphatic carbocycles. The van der Waals surface area contributed by atoms with Gasteiger partial charge in [-0.25, -0.2) is 8.78 Å².